The molecule has 5 heteroatoms. The van der Waals surface area contributed by atoms with E-state index in [4.69, 9.17) is 0 Å². The summed E-state index contributed by atoms with van der Waals surface area (Å²) >= 11 is 0. The second-order valence-corrected chi connectivity index (χ2v) is 5.61. The van der Waals surface area contributed by atoms with Crippen LogP contribution in [0.25, 0.3) is 10.9 Å². The molecule has 2 N–H and O–H groups in total. The third kappa shape index (κ3) is 2.35. The van der Waals surface area contributed by atoms with Gasteiger partial charge in [0.1, 0.15) is 5.54 Å². The first-order valence-corrected chi connectivity index (χ1v) is 6.92. The van der Waals surface area contributed by atoms with Crippen molar-refractivity contribution in [2.45, 2.75) is 25.3 Å². The van der Waals surface area contributed by atoms with Crippen LogP contribution < -0.4 is 5.32 Å². The first-order chi connectivity index (χ1) is 10.0. The van der Waals surface area contributed by atoms with E-state index >= 15 is 0 Å². The van der Waals surface area contributed by atoms with E-state index in [1.807, 2.05) is 12.1 Å². The molecule has 108 valence electrons. The van der Waals surface area contributed by atoms with Crippen LogP contribution >= 0.6 is 0 Å². The summed E-state index contributed by atoms with van der Waals surface area (Å²) in [5, 5.41) is 12.8. The molecule has 5 nitrogen and oxygen atoms in total. The van der Waals surface area contributed by atoms with Gasteiger partial charge in [-0.25, -0.2) is 4.79 Å². The highest BCUT2D eigenvalue weighted by molar-refractivity contribution is 6.07. The summed E-state index contributed by atoms with van der Waals surface area (Å²) in [6, 6.07) is 8.83. The lowest BCUT2D eigenvalue weighted by molar-refractivity contribution is -0.144. The van der Waals surface area contributed by atoms with Gasteiger partial charge < -0.3 is 10.4 Å². The number of benzene rings is 1. The van der Waals surface area contributed by atoms with Gasteiger partial charge in [0.2, 0.25) is 0 Å². The molecule has 1 amide bonds. The highest BCUT2D eigenvalue weighted by atomic mass is 16.4. The van der Waals surface area contributed by atoms with E-state index in [0.717, 1.165) is 18.2 Å². The maximum absolute atomic E-state index is 12.5. The average molecular weight is 284 g/mol. The Balaban J connectivity index is 1.96. The van der Waals surface area contributed by atoms with Crippen LogP contribution in [0.5, 0.6) is 0 Å². The Morgan fingerprint density at radius 2 is 2.05 bits per heavy atom. The fraction of sp³-hybridized carbons (Fsp3) is 0.312. The van der Waals surface area contributed by atoms with Crippen molar-refractivity contribution in [1.82, 2.24) is 10.3 Å². The van der Waals surface area contributed by atoms with Crippen molar-refractivity contribution in [3.05, 3.63) is 42.1 Å². The number of aromatic nitrogens is 1. The Morgan fingerprint density at radius 3 is 2.71 bits per heavy atom. The van der Waals surface area contributed by atoms with Crippen molar-refractivity contribution < 1.29 is 14.7 Å². The highest BCUT2D eigenvalue weighted by Gasteiger charge is 2.48. The lowest BCUT2D eigenvalue weighted by Crippen LogP contribution is -2.54. The fourth-order valence-corrected chi connectivity index (χ4v) is 2.60. The van der Waals surface area contributed by atoms with E-state index in [0.29, 0.717) is 11.1 Å². The summed E-state index contributed by atoms with van der Waals surface area (Å²) in [4.78, 5) is 28.2. The molecule has 1 saturated carbocycles. The Bertz CT molecular complexity index is 719. The van der Waals surface area contributed by atoms with E-state index in [1.54, 1.807) is 31.3 Å². The summed E-state index contributed by atoms with van der Waals surface area (Å²) in [5.74, 6) is -1.35. The van der Waals surface area contributed by atoms with Crippen LogP contribution in [-0.2, 0) is 4.79 Å². The first-order valence-electron chi connectivity index (χ1n) is 6.92. The van der Waals surface area contributed by atoms with Crippen molar-refractivity contribution in [1.29, 1.82) is 0 Å². The molecular weight excluding hydrogens is 268 g/mol. The number of aliphatic carboxylic acids is 1. The number of rotatable bonds is 4. The van der Waals surface area contributed by atoms with Crippen molar-refractivity contribution in [2.75, 3.05) is 0 Å². The SMILES string of the molecule is CC(NC(=O)c1cccc2ncccc12)(C(=O)O)C1CC1. The number of carbonyl (C=O) groups is 2. The molecule has 0 bridgehead atoms. The minimum Gasteiger partial charge on any atom is -0.480 e. The van der Waals surface area contributed by atoms with Crippen molar-refractivity contribution >= 4 is 22.8 Å². The second-order valence-electron chi connectivity index (χ2n) is 5.61. The minimum absolute atomic E-state index is 0.00653. The summed E-state index contributed by atoms with van der Waals surface area (Å²) in [7, 11) is 0. The van der Waals surface area contributed by atoms with E-state index in [9.17, 15) is 14.7 Å². The smallest absolute Gasteiger partial charge is 0.329 e. The molecule has 3 rings (SSSR count). The third-order valence-electron chi connectivity index (χ3n) is 4.10. The van der Waals surface area contributed by atoms with Crippen LogP contribution in [-0.4, -0.2) is 27.5 Å². The van der Waals surface area contributed by atoms with Crippen LogP contribution in [0.3, 0.4) is 0 Å². The van der Waals surface area contributed by atoms with Gasteiger partial charge in [-0.1, -0.05) is 12.1 Å². The number of amides is 1. The molecule has 1 aromatic heterocycles. The Hall–Kier alpha value is -2.43. The number of fused-ring (bicyclic) bond motifs is 1. The quantitative estimate of drug-likeness (QED) is 0.902. The third-order valence-corrected chi connectivity index (χ3v) is 4.10. The molecule has 0 saturated heterocycles. The largest absolute Gasteiger partial charge is 0.480 e. The average Bonchev–Trinajstić information content (AvgIpc) is 3.31. The lowest BCUT2D eigenvalue weighted by atomic mass is 9.95. The van der Waals surface area contributed by atoms with E-state index in [1.165, 1.54) is 0 Å². The molecule has 0 spiro atoms. The Kier molecular flexibility index (Phi) is 3.12. The van der Waals surface area contributed by atoms with Crippen LogP contribution in [0.2, 0.25) is 0 Å². The zero-order chi connectivity index (χ0) is 15.0. The molecule has 1 aliphatic carbocycles. The molecule has 1 atom stereocenters. The number of pyridine rings is 1. The van der Waals surface area contributed by atoms with Crippen LogP contribution in [0.4, 0.5) is 0 Å². The second kappa shape index (κ2) is 4.84. The summed E-state index contributed by atoms with van der Waals surface area (Å²) < 4.78 is 0. The maximum atomic E-state index is 12.5. The fourth-order valence-electron chi connectivity index (χ4n) is 2.60. The van der Waals surface area contributed by atoms with Crippen LogP contribution in [0, 0.1) is 5.92 Å². The highest BCUT2D eigenvalue weighted by Crippen LogP contribution is 2.40. The van der Waals surface area contributed by atoms with Gasteiger partial charge in [-0.3, -0.25) is 9.78 Å². The summed E-state index contributed by atoms with van der Waals surface area (Å²) in [6.45, 7) is 1.58. The van der Waals surface area contributed by atoms with E-state index in [-0.39, 0.29) is 11.8 Å². The molecule has 1 aliphatic rings. The number of hydrogen-bond donors (Lipinski definition) is 2. The molecular formula is C16H16N2O3. The van der Waals surface area contributed by atoms with E-state index in [2.05, 4.69) is 10.3 Å². The molecule has 2 aromatic rings. The van der Waals surface area contributed by atoms with Gasteiger partial charge in [-0.05, 0) is 43.9 Å². The normalized spacial score (nSPS) is 17.2. The van der Waals surface area contributed by atoms with Crippen molar-refractivity contribution in [2.24, 2.45) is 5.92 Å². The van der Waals surface area contributed by atoms with Gasteiger partial charge in [0.05, 0.1) is 5.52 Å². The number of hydrogen-bond acceptors (Lipinski definition) is 3. The van der Waals surface area contributed by atoms with Crippen LogP contribution in [0.15, 0.2) is 36.5 Å². The van der Waals surface area contributed by atoms with Crippen LogP contribution in [0.1, 0.15) is 30.1 Å². The molecule has 1 aromatic carbocycles. The molecule has 1 fully saturated rings. The van der Waals surface area contributed by atoms with Gasteiger partial charge in [-0.2, -0.15) is 0 Å². The first kappa shape index (κ1) is 13.5. The number of nitrogens with one attached hydrogen (secondary N) is 1. The number of carboxylic acids is 1. The standard InChI is InChI=1S/C16H16N2O3/c1-16(15(20)21,10-7-8-10)18-14(19)12-4-2-6-13-11(12)5-3-9-17-13/h2-6,9-10H,7-8H2,1H3,(H,18,19)(H,20,21). The Labute approximate surface area is 122 Å². The molecule has 1 unspecified atom stereocenters. The predicted octanol–water partition coefficient (Wildman–Crippen LogP) is 2.22. The minimum atomic E-state index is -1.21. The van der Waals surface area contributed by atoms with E-state index < -0.39 is 11.5 Å². The zero-order valence-corrected chi connectivity index (χ0v) is 11.7. The summed E-state index contributed by atoms with van der Waals surface area (Å²) in [6.07, 6.45) is 3.33. The summed E-state index contributed by atoms with van der Waals surface area (Å²) in [5.41, 5.74) is -0.0381. The number of carboxylic acid groups (broad SMARTS) is 1. The topological polar surface area (TPSA) is 79.3 Å². The number of nitrogens with zero attached hydrogens (tertiary/aromatic N) is 1. The lowest BCUT2D eigenvalue weighted by Gasteiger charge is -2.26. The van der Waals surface area contributed by atoms with Crippen molar-refractivity contribution in [3.8, 4) is 0 Å². The molecule has 21 heavy (non-hydrogen) atoms. The monoisotopic (exact) mass is 284 g/mol. The molecule has 0 radical (unpaired) electrons. The maximum Gasteiger partial charge on any atom is 0.329 e. The zero-order valence-electron chi connectivity index (χ0n) is 11.7. The Morgan fingerprint density at radius 1 is 1.29 bits per heavy atom. The van der Waals surface area contributed by atoms with Gasteiger partial charge in [0.25, 0.3) is 5.91 Å². The van der Waals surface area contributed by atoms with Gasteiger partial charge in [0, 0.05) is 17.1 Å². The predicted molar refractivity (Wildman–Crippen MR) is 78.0 cm³/mol. The molecule has 0 aliphatic heterocycles. The molecule has 1 heterocycles. The van der Waals surface area contributed by atoms with Gasteiger partial charge >= 0.3 is 5.97 Å². The van der Waals surface area contributed by atoms with Gasteiger partial charge in [-0.15, -0.1) is 0 Å². The van der Waals surface area contributed by atoms with Gasteiger partial charge in [0.15, 0.2) is 0 Å². The van der Waals surface area contributed by atoms with Crippen molar-refractivity contribution in [3.63, 3.8) is 0 Å². The number of carbonyl (C=O) groups excluding carboxylic acids is 1.